The van der Waals surface area contributed by atoms with Crippen molar-refractivity contribution in [2.75, 3.05) is 25.0 Å². The number of piperidine rings is 1. The smallest absolute Gasteiger partial charge is 0.139 e. The van der Waals surface area contributed by atoms with Gasteiger partial charge in [0.1, 0.15) is 18.0 Å². The standard InChI is InChI=1S/C24H28N4O/c1-4-12-28(13-5-1)21-15-29-22-7-3-2-6-17(22)23(21)26-19-10-11-25-24-18(19)14-20(27-24)16-8-9-16/h2-3,6-7,10-11,14,16,21,23H,1,4-5,8-9,12-13,15H2,(H2,25,26,27)/t21?,23-/m0/s1. The highest BCUT2D eigenvalue weighted by Crippen LogP contribution is 2.42. The molecule has 2 aliphatic heterocycles. The van der Waals surface area contributed by atoms with Crippen molar-refractivity contribution >= 4 is 16.7 Å². The van der Waals surface area contributed by atoms with Crippen molar-refractivity contribution in [3.05, 3.63) is 53.9 Å². The average Bonchev–Trinajstić information content (AvgIpc) is 3.53. The monoisotopic (exact) mass is 388 g/mol. The zero-order valence-corrected chi connectivity index (χ0v) is 16.7. The minimum Gasteiger partial charge on any atom is -0.491 e. The molecule has 150 valence electrons. The van der Waals surface area contributed by atoms with Crippen LogP contribution in [0, 0.1) is 0 Å². The number of nitrogens with one attached hydrogen (secondary N) is 2. The largest absolute Gasteiger partial charge is 0.491 e. The number of pyridine rings is 1. The summed E-state index contributed by atoms with van der Waals surface area (Å²) in [7, 11) is 0. The van der Waals surface area contributed by atoms with Crippen LogP contribution in [0.2, 0.25) is 0 Å². The molecule has 4 heterocycles. The Labute approximate surface area is 171 Å². The van der Waals surface area contributed by atoms with Gasteiger partial charge in [0, 0.05) is 28.5 Å². The molecular weight excluding hydrogens is 360 g/mol. The summed E-state index contributed by atoms with van der Waals surface area (Å²) < 4.78 is 6.19. The van der Waals surface area contributed by atoms with E-state index in [1.807, 2.05) is 6.20 Å². The Bertz CT molecular complexity index is 1020. The van der Waals surface area contributed by atoms with Crippen LogP contribution in [0.15, 0.2) is 42.6 Å². The first-order chi connectivity index (χ1) is 14.4. The molecule has 29 heavy (non-hydrogen) atoms. The Hall–Kier alpha value is -2.53. The third-order valence-electron chi connectivity index (χ3n) is 6.79. The molecule has 1 aliphatic carbocycles. The zero-order valence-electron chi connectivity index (χ0n) is 16.7. The van der Waals surface area contributed by atoms with Crippen LogP contribution in [0.5, 0.6) is 5.75 Å². The molecule has 5 heteroatoms. The van der Waals surface area contributed by atoms with Crippen molar-refractivity contribution in [1.82, 2.24) is 14.9 Å². The number of para-hydroxylation sites is 1. The van der Waals surface area contributed by atoms with Gasteiger partial charge in [0.25, 0.3) is 0 Å². The second-order valence-corrected chi connectivity index (χ2v) is 8.75. The fourth-order valence-electron chi connectivity index (χ4n) is 5.04. The number of likely N-dealkylation sites (tertiary alicyclic amines) is 1. The third-order valence-corrected chi connectivity index (χ3v) is 6.79. The molecule has 1 aromatic carbocycles. The number of hydrogen-bond acceptors (Lipinski definition) is 4. The summed E-state index contributed by atoms with van der Waals surface area (Å²) in [4.78, 5) is 10.8. The summed E-state index contributed by atoms with van der Waals surface area (Å²) >= 11 is 0. The summed E-state index contributed by atoms with van der Waals surface area (Å²) in [5.41, 5.74) is 4.76. The lowest BCUT2D eigenvalue weighted by Crippen LogP contribution is -2.50. The summed E-state index contributed by atoms with van der Waals surface area (Å²) in [5.74, 6) is 1.71. The lowest BCUT2D eigenvalue weighted by Gasteiger charge is -2.42. The highest BCUT2D eigenvalue weighted by atomic mass is 16.5. The fourth-order valence-corrected chi connectivity index (χ4v) is 5.04. The Kier molecular flexibility index (Phi) is 4.22. The SMILES string of the molecule is c1ccc2c(c1)OCC(N1CCCCC1)[C@H]2Nc1ccnc2[nH]c(C3CC3)cc12. The molecule has 0 bridgehead atoms. The van der Waals surface area contributed by atoms with Gasteiger partial charge in [-0.05, 0) is 62.9 Å². The number of aromatic nitrogens is 2. The van der Waals surface area contributed by atoms with E-state index in [0.717, 1.165) is 31.1 Å². The Morgan fingerprint density at radius 3 is 2.79 bits per heavy atom. The van der Waals surface area contributed by atoms with Gasteiger partial charge in [0.2, 0.25) is 0 Å². The first kappa shape index (κ1) is 17.3. The number of ether oxygens (including phenoxy) is 1. The highest BCUT2D eigenvalue weighted by molar-refractivity contribution is 5.90. The molecule has 3 aromatic rings. The number of nitrogens with zero attached hydrogens (tertiary/aromatic N) is 2. The van der Waals surface area contributed by atoms with E-state index in [4.69, 9.17) is 4.74 Å². The molecule has 2 atom stereocenters. The van der Waals surface area contributed by atoms with Crippen LogP contribution in [0.3, 0.4) is 0 Å². The molecular formula is C24H28N4O. The summed E-state index contributed by atoms with van der Waals surface area (Å²) in [5, 5.41) is 5.12. The van der Waals surface area contributed by atoms with Gasteiger partial charge >= 0.3 is 0 Å². The second-order valence-electron chi connectivity index (χ2n) is 8.75. The average molecular weight is 389 g/mol. The zero-order chi connectivity index (χ0) is 19.2. The number of fused-ring (bicyclic) bond motifs is 2. The van der Waals surface area contributed by atoms with Crippen LogP contribution in [0.1, 0.15) is 55.3 Å². The van der Waals surface area contributed by atoms with E-state index in [-0.39, 0.29) is 6.04 Å². The number of anilines is 1. The maximum Gasteiger partial charge on any atom is 0.139 e. The minimum atomic E-state index is 0.211. The van der Waals surface area contributed by atoms with Gasteiger partial charge in [-0.1, -0.05) is 24.6 Å². The van der Waals surface area contributed by atoms with E-state index < -0.39 is 0 Å². The lowest BCUT2D eigenvalue weighted by atomic mass is 9.93. The summed E-state index contributed by atoms with van der Waals surface area (Å²) in [6.45, 7) is 3.07. The van der Waals surface area contributed by atoms with Crippen molar-refractivity contribution in [2.24, 2.45) is 0 Å². The molecule has 2 aromatic heterocycles. The molecule has 2 fully saturated rings. The fraction of sp³-hybridized carbons (Fsp3) is 0.458. The van der Waals surface area contributed by atoms with Gasteiger partial charge in [0.15, 0.2) is 0 Å². The number of benzene rings is 1. The van der Waals surface area contributed by atoms with E-state index in [0.29, 0.717) is 12.0 Å². The predicted octanol–water partition coefficient (Wildman–Crippen LogP) is 4.84. The molecule has 1 saturated heterocycles. The van der Waals surface area contributed by atoms with Crippen molar-refractivity contribution in [2.45, 2.75) is 50.1 Å². The number of hydrogen-bond donors (Lipinski definition) is 2. The molecule has 0 spiro atoms. The van der Waals surface area contributed by atoms with Gasteiger partial charge in [-0.15, -0.1) is 0 Å². The highest BCUT2D eigenvalue weighted by Gasteiger charge is 2.36. The van der Waals surface area contributed by atoms with Crippen molar-refractivity contribution < 1.29 is 4.74 Å². The molecule has 3 aliphatic rings. The van der Waals surface area contributed by atoms with Crippen molar-refractivity contribution in [1.29, 1.82) is 0 Å². The molecule has 1 unspecified atom stereocenters. The summed E-state index contributed by atoms with van der Waals surface area (Å²) in [6, 6.07) is 13.5. The number of rotatable bonds is 4. The normalized spacial score (nSPS) is 24.8. The van der Waals surface area contributed by atoms with Crippen molar-refractivity contribution in [3.8, 4) is 5.75 Å². The molecule has 1 saturated carbocycles. The molecule has 0 amide bonds. The van der Waals surface area contributed by atoms with E-state index in [2.05, 4.69) is 56.6 Å². The van der Waals surface area contributed by atoms with Crippen LogP contribution in [-0.4, -0.2) is 40.6 Å². The van der Waals surface area contributed by atoms with Gasteiger partial charge in [-0.2, -0.15) is 0 Å². The van der Waals surface area contributed by atoms with E-state index >= 15 is 0 Å². The first-order valence-electron chi connectivity index (χ1n) is 11.1. The Balaban J connectivity index is 1.38. The van der Waals surface area contributed by atoms with Crippen LogP contribution in [-0.2, 0) is 0 Å². The van der Waals surface area contributed by atoms with Crippen molar-refractivity contribution in [3.63, 3.8) is 0 Å². The molecule has 6 rings (SSSR count). The van der Waals surface area contributed by atoms with Crippen LogP contribution in [0.25, 0.3) is 11.0 Å². The molecule has 0 radical (unpaired) electrons. The topological polar surface area (TPSA) is 53.2 Å². The lowest BCUT2D eigenvalue weighted by molar-refractivity contribution is 0.0865. The summed E-state index contributed by atoms with van der Waals surface area (Å²) in [6.07, 6.45) is 8.41. The van der Waals surface area contributed by atoms with Gasteiger partial charge in [-0.25, -0.2) is 4.98 Å². The number of H-pyrrole nitrogens is 1. The Morgan fingerprint density at radius 1 is 1.07 bits per heavy atom. The van der Waals surface area contributed by atoms with Gasteiger partial charge in [0.05, 0.1) is 12.1 Å². The quantitative estimate of drug-likeness (QED) is 0.671. The second kappa shape index (κ2) is 7.06. The van der Waals surface area contributed by atoms with E-state index in [1.165, 1.54) is 54.4 Å². The Morgan fingerprint density at radius 2 is 1.93 bits per heavy atom. The van der Waals surface area contributed by atoms with E-state index in [1.54, 1.807) is 0 Å². The molecule has 2 N–H and O–H groups in total. The van der Waals surface area contributed by atoms with Crippen LogP contribution in [0.4, 0.5) is 5.69 Å². The van der Waals surface area contributed by atoms with Crippen LogP contribution < -0.4 is 10.1 Å². The predicted molar refractivity (Wildman–Crippen MR) is 116 cm³/mol. The third kappa shape index (κ3) is 3.18. The first-order valence-corrected chi connectivity index (χ1v) is 11.1. The minimum absolute atomic E-state index is 0.211. The maximum absolute atomic E-state index is 6.19. The maximum atomic E-state index is 6.19. The van der Waals surface area contributed by atoms with Gasteiger partial charge < -0.3 is 15.0 Å². The number of aromatic amines is 1. The molecule has 5 nitrogen and oxygen atoms in total. The van der Waals surface area contributed by atoms with Crippen LogP contribution >= 0.6 is 0 Å². The van der Waals surface area contributed by atoms with Gasteiger partial charge in [-0.3, -0.25) is 4.90 Å². The van der Waals surface area contributed by atoms with E-state index in [9.17, 15) is 0 Å².